The molecule has 0 bridgehead atoms. The summed E-state index contributed by atoms with van der Waals surface area (Å²) < 4.78 is 9.47. The van der Waals surface area contributed by atoms with E-state index in [1.54, 1.807) is 35.3 Å². The van der Waals surface area contributed by atoms with Gasteiger partial charge in [0.2, 0.25) is 0 Å². The van der Waals surface area contributed by atoms with Crippen LogP contribution in [-0.4, -0.2) is 25.5 Å². The molecule has 0 saturated heterocycles. The third-order valence-corrected chi connectivity index (χ3v) is 5.56. The molecule has 1 amide bonds. The molecular weight excluding hydrogens is 505 g/mol. The summed E-state index contributed by atoms with van der Waals surface area (Å²) in [5, 5.41) is 12.6. The van der Waals surface area contributed by atoms with Crippen LogP contribution in [0.25, 0.3) is 0 Å². The number of rotatable bonds is 7. The lowest BCUT2D eigenvalue weighted by molar-refractivity contribution is 0.101. The molecule has 0 aliphatic carbocycles. The lowest BCUT2D eigenvalue weighted by Gasteiger charge is -2.07. The molecule has 2 heterocycles. The highest BCUT2D eigenvalue weighted by molar-refractivity contribution is 9.10. The van der Waals surface area contributed by atoms with Crippen molar-refractivity contribution in [2.24, 2.45) is 0 Å². The third kappa shape index (κ3) is 5.28. The van der Waals surface area contributed by atoms with E-state index in [-0.39, 0.29) is 18.3 Å². The zero-order chi connectivity index (χ0) is 21.8. The van der Waals surface area contributed by atoms with E-state index >= 15 is 0 Å². The zero-order valence-corrected chi connectivity index (χ0v) is 19.1. The maximum Gasteiger partial charge on any atom is 0.277 e. The van der Waals surface area contributed by atoms with Crippen LogP contribution in [0, 0.1) is 0 Å². The molecule has 0 saturated carbocycles. The van der Waals surface area contributed by atoms with Crippen molar-refractivity contribution in [1.29, 1.82) is 0 Å². The largest absolute Gasteiger partial charge is 0.470 e. The Morgan fingerprint density at radius 1 is 1.00 bits per heavy atom. The smallest absolute Gasteiger partial charge is 0.277 e. The summed E-state index contributed by atoms with van der Waals surface area (Å²) >= 11 is 15.7. The summed E-state index contributed by atoms with van der Waals surface area (Å²) in [6.07, 6.45) is 3.42. The summed E-state index contributed by atoms with van der Waals surface area (Å²) in [7, 11) is 0. The van der Waals surface area contributed by atoms with Gasteiger partial charge in [0.1, 0.15) is 5.75 Å². The molecule has 0 unspecified atom stereocenters. The highest BCUT2D eigenvalue weighted by atomic mass is 79.9. The van der Waals surface area contributed by atoms with Gasteiger partial charge in [-0.2, -0.15) is 10.2 Å². The molecule has 1 N–H and O–H groups in total. The number of nitrogens with one attached hydrogen (secondary N) is 1. The van der Waals surface area contributed by atoms with Crippen molar-refractivity contribution >= 4 is 50.9 Å². The van der Waals surface area contributed by atoms with Gasteiger partial charge in [-0.1, -0.05) is 53.5 Å². The van der Waals surface area contributed by atoms with Crippen molar-refractivity contribution in [3.63, 3.8) is 0 Å². The van der Waals surface area contributed by atoms with Crippen LogP contribution in [0.4, 0.5) is 5.82 Å². The Hall–Kier alpha value is -2.81. The van der Waals surface area contributed by atoms with E-state index in [1.807, 2.05) is 36.4 Å². The van der Waals surface area contributed by atoms with Crippen molar-refractivity contribution in [3.05, 3.63) is 92.8 Å². The van der Waals surface area contributed by atoms with Crippen LogP contribution in [0.1, 0.15) is 16.1 Å². The van der Waals surface area contributed by atoms with E-state index in [9.17, 15) is 4.79 Å². The SMILES string of the molecule is O=C(Nc1nn(Cc2ccccc2Cl)cc1Br)c1ccn(COc2ccccc2Cl)n1. The first-order valence-electron chi connectivity index (χ1n) is 9.18. The van der Waals surface area contributed by atoms with Gasteiger partial charge in [0.15, 0.2) is 18.2 Å². The molecule has 2 aromatic carbocycles. The average Bonchev–Trinajstić information content (AvgIpc) is 3.36. The number of amides is 1. The fourth-order valence-corrected chi connectivity index (χ4v) is 3.59. The Morgan fingerprint density at radius 3 is 2.52 bits per heavy atom. The van der Waals surface area contributed by atoms with Crippen LogP contribution in [0.15, 0.2) is 71.5 Å². The van der Waals surface area contributed by atoms with Gasteiger partial charge in [-0.05, 0) is 45.8 Å². The quantitative estimate of drug-likeness (QED) is 0.350. The van der Waals surface area contributed by atoms with Gasteiger partial charge in [0.05, 0.1) is 16.0 Å². The van der Waals surface area contributed by atoms with Gasteiger partial charge in [0, 0.05) is 17.4 Å². The number of anilines is 1. The van der Waals surface area contributed by atoms with Crippen LogP contribution in [0.2, 0.25) is 10.0 Å². The maximum absolute atomic E-state index is 12.6. The minimum Gasteiger partial charge on any atom is -0.470 e. The second-order valence-electron chi connectivity index (χ2n) is 6.51. The van der Waals surface area contributed by atoms with Crippen LogP contribution in [0.5, 0.6) is 5.75 Å². The lowest BCUT2D eigenvalue weighted by atomic mass is 10.2. The van der Waals surface area contributed by atoms with Crippen molar-refractivity contribution in [2.45, 2.75) is 13.3 Å². The second-order valence-corrected chi connectivity index (χ2v) is 8.18. The van der Waals surface area contributed by atoms with E-state index in [0.717, 1.165) is 5.56 Å². The van der Waals surface area contributed by atoms with Crippen molar-refractivity contribution in [3.8, 4) is 5.75 Å². The molecule has 7 nitrogen and oxygen atoms in total. The number of hydrogen-bond donors (Lipinski definition) is 1. The molecule has 0 spiro atoms. The maximum atomic E-state index is 12.6. The molecule has 0 atom stereocenters. The minimum atomic E-state index is -0.389. The topological polar surface area (TPSA) is 74.0 Å². The number of carbonyl (C=O) groups excluding carboxylic acids is 1. The Balaban J connectivity index is 1.39. The Labute approximate surface area is 196 Å². The van der Waals surface area contributed by atoms with Crippen molar-refractivity contribution in [1.82, 2.24) is 19.6 Å². The summed E-state index contributed by atoms with van der Waals surface area (Å²) in [5.41, 5.74) is 1.16. The van der Waals surface area contributed by atoms with E-state index in [2.05, 4.69) is 31.4 Å². The molecule has 4 aromatic rings. The van der Waals surface area contributed by atoms with Crippen LogP contribution < -0.4 is 10.1 Å². The third-order valence-electron chi connectivity index (χ3n) is 4.30. The van der Waals surface area contributed by atoms with E-state index in [4.69, 9.17) is 27.9 Å². The van der Waals surface area contributed by atoms with Crippen molar-refractivity contribution in [2.75, 3.05) is 5.32 Å². The molecule has 2 aromatic heterocycles. The van der Waals surface area contributed by atoms with E-state index in [0.29, 0.717) is 32.6 Å². The van der Waals surface area contributed by atoms with Crippen LogP contribution in [-0.2, 0) is 13.3 Å². The lowest BCUT2D eigenvalue weighted by Crippen LogP contribution is -2.15. The van der Waals surface area contributed by atoms with E-state index in [1.165, 1.54) is 4.68 Å². The molecule has 158 valence electrons. The summed E-state index contributed by atoms with van der Waals surface area (Å²) in [6, 6.07) is 16.3. The first-order valence-corrected chi connectivity index (χ1v) is 10.7. The molecule has 0 radical (unpaired) electrons. The number of hydrogen-bond acceptors (Lipinski definition) is 4. The molecule has 4 rings (SSSR count). The van der Waals surface area contributed by atoms with Crippen LogP contribution in [0.3, 0.4) is 0 Å². The van der Waals surface area contributed by atoms with Gasteiger partial charge < -0.3 is 10.1 Å². The van der Waals surface area contributed by atoms with Gasteiger partial charge >= 0.3 is 0 Å². The monoisotopic (exact) mass is 519 g/mol. The molecule has 31 heavy (non-hydrogen) atoms. The first kappa shape index (κ1) is 21.4. The standard InChI is InChI=1S/C21H16BrCl2N5O2/c22-15-12-29(11-14-5-1-2-6-16(14)23)27-20(15)25-21(30)18-9-10-28(26-18)13-31-19-8-4-3-7-17(19)24/h1-10,12H,11,13H2,(H,25,27,30). The van der Waals surface area contributed by atoms with Crippen molar-refractivity contribution < 1.29 is 9.53 Å². The number of halogens is 3. The zero-order valence-electron chi connectivity index (χ0n) is 16.0. The van der Waals surface area contributed by atoms with Crippen LogP contribution >= 0.6 is 39.1 Å². The Morgan fingerprint density at radius 2 is 1.74 bits per heavy atom. The number of ether oxygens (including phenoxy) is 1. The predicted molar refractivity (Wildman–Crippen MR) is 123 cm³/mol. The fraction of sp³-hybridized carbons (Fsp3) is 0.0952. The van der Waals surface area contributed by atoms with Gasteiger partial charge in [0.25, 0.3) is 5.91 Å². The van der Waals surface area contributed by atoms with Gasteiger partial charge in [-0.25, -0.2) is 4.68 Å². The summed E-state index contributed by atoms with van der Waals surface area (Å²) in [6.45, 7) is 0.593. The minimum absolute atomic E-state index is 0.118. The second kappa shape index (κ2) is 9.55. The van der Waals surface area contributed by atoms with Gasteiger partial charge in [-0.3, -0.25) is 9.48 Å². The normalized spacial score (nSPS) is 10.8. The molecule has 0 aliphatic rings. The summed E-state index contributed by atoms with van der Waals surface area (Å²) in [5.74, 6) is 0.540. The Bertz CT molecular complexity index is 1220. The molecule has 0 aliphatic heterocycles. The fourth-order valence-electron chi connectivity index (χ4n) is 2.79. The summed E-state index contributed by atoms with van der Waals surface area (Å²) in [4.78, 5) is 12.6. The average molecular weight is 521 g/mol. The Kier molecular flexibility index (Phi) is 6.60. The predicted octanol–water partition coefficient (Wildman–Crippen LogP) is 5.49. The number of benzene rings is 2. The molecule has 10 heteroatoms. The number of nitrogens with zero attached hydrogens (tertiary/aromatic N) is 4. The molecular formula is C21H16BrCl2N5O2. The first-order chi connectivity index (χ1) is 15.0. The van der Waals surface area contributed by atoms with Gasteiger partial charge in [-0.15, -0.1) is 0 Å². The van der Waals surface area contributed by atoms with E-state index < -0.39 is 0 Å². The molecule has 0 fully saturated rings. The number of para-hydroxylation sites is 1. The number of aromatic nitrogens is 4. The highest BCUT2D eigenvalue weighted by Gasteiger charge is 2.15. The highest BCUT2D eigenvalue weighted by Crippen LogP contribution is 2.24. The number of carbonyl (C=O) groups is 1.